The molecule has 3 N–H and O–H groups in total. The van der Waals surface area contributed by atoms with Crippen molar-refractivity contribution < 1.29 is 0 Å². The van der Waals surface area contributed by atoms with E-state index in [1.165, 1.54) is 32.1 Å². The molecule has 3 nitrogen and oxygen atoms in total. The van der Waals surface area contributed by atoms with Gasteiger partial charge in [0.05, 0.1) is 5.56 Å². The quantitative estimate of drug-likeness (QED) is 0.712. The summed E-state index contributed by atoms with van der Waals surface area (Å²) in [6.07, 6.45) is 8.20. The Kier molecular flexibility index (Phi) is 2.45. The molecule has 0 atom stereocenters. The summed E-state index contributed by atoms with van der Waals surface area (Å²) in [4.78, 5) is 2.94. The number of aromatic nitrogens is 1. The number of anilines is 1. The van der Waals surface area contributed by atoms with Crippen molar-refractivity contribution in [1.29, 1.82) is 5.26 Å². The van der Waals surface area contributed by atoms with Crippen molar-refractivity contribution in [3.05, 3.63) is 17.3 Å². The van der Waals surface area contributed by atoms with Crippen molar-refractivity contribution in [1.82, 2.24) is 4.98 Å². The third-order valence-corrected chi connectivity index (χ3v) is 3.10. The third kappa shape index (κ3) is 1.48. The molecule has 0 saturated heterocycles. The Morgan fingerprint density at radius 1 is 1.36 bits per heavy atom. The highest BCUT2D eigenvalue weighted by Crippen LogP contribution is 2.35. The third-order valence-electron chi connectivity index (χ3n) is 3.10. The van der Waals surface area contributed by atoms with Crippen molar-refractivity contribution in [3.8, 4) is 6.07 Å². The van der Waals surface area contributed by atoms with Gasteiger partial charge < -0.3 is 10.7 Å². The van der Waals surface area contributed by atoms with Gasteiger partial charge in [-0.2, -0.15) is 5.26 Å². The average molecular weight is 189 g/mol. The SMILES string of the molecule is N#Cc1c(C2CCCCC2)c[nH]c1N. The van der Waals surface area contributed by atoms with E-state index in [-0.39, 0.29) is 0 Å². The Morgan fingerprint density at radius 3 is 2.71 bits per heavy atom. The lowest BCUT2D eigenvalue weighted by atomic mass is 9.84. The van der Waals surface area contributed by atoms with Crippen LogP contribution in [0.3, 0.4) is 0 Å². The minimum atomic E-state index is 0.521. The molecule has 1 aliphatic rings. The fourth-order valence-electron chi connectivity index (χ4n) is 2.32. The Morgan fingerprint density at radius 2 is 2.07 bits per heavy atom. The lowest BCUT2D eigenvalue weighted by Gasteiger charge is -2.20. The average Bonchev–Trinajstić information content (AvgIpc) is 2.61. The molecule has 0 bridgehead atoms. The van der Waals surface area contributed by atoms with Crippen molar-refractivity contribution >= 4 is 5.82 Å². The first kappa shape index (κ1) is 9.14. The number of H-pyrrole nitrogens is 1. The molecule has 0 spiro atoms. The standard InChI is InChI=1S/C11H15N3/c12-6-9-10(7-14-11(9)13)8-4-2-1-3-5-8/h7-8,14H,1-5,13H2. The number of nitrogens with one attached hydrogen (secondary N) is 1. The summed E-state index contributed by atoms with van der Waals surface area (Å²) in [6, 6.07) is 2.18. The highest BCUT2D eigenvalue weighted by Gasteiger charge is 2.20. The molecule has 74 valence electrons. The summed E-state index contributed by atoms with van der Waals surface area (Å²) in [5.74, 6) is 1.07. The van der Waals surface area contributed by atoms with Gasteiger partial charge in [0.15, 0.2) is 0 Å². The number of nitriles is 1. The van der Waals surface area contributed by atoms with Gasteiger partial charge in [0.25, 0.3) is 0 Å². The zero-order chi connectivity index (χ0) is 9.97. The maximum absolute atomic E-state index is 8.97. The fraction of sp³-hybridized carbons (Fsp3) is 0.545. The number of aromatic amines is 1. The van der Waals surface area contributed by atoms with Gasteiger partial charge in [-0.25, -0.2) is 0 Å². The van der Waals surface area contributed by atoms with Crippen LogP contribution in [0.5, 0.6) is 0 Å². The molecule has 3 heteroatoms. The highest BCUT2D eigenvalue weighted by atomic mass is 14.8. The van der Waals surface area contributed by atoms with E-state index in [0.29, 0.717) is 17.3 Å². The Labute approximate surface area is 83.9 Å². The van der Waals surface area contributed by atoms with E-state index in [1.807, 2.05) is 6.20 Å². The number of nitrogens with zero attached hydrogens (tertiary/aromatic N) is 1. The summed E-state index contributed by atoms with van der Waals surface area (Å²) < 4.78 is 0. The zero-order valence-corrected chi connectivity index (χ0v) is 8.21. The molecule has 1 aromatic rings. The van der Waals surface area contributed by atoms with Gasteiger partial charge in [-0.3, -0.25) is 0 Å². The van der Waals surface area contributed by atoms with Gasteiger partial charge in [0.1, 0.15) is 11.9 Å². The summed E-state index contributed by atoms with van der Waals surface area (Å²) >= 11 is 0. The molecule has 0 amide bonds. The fourth-order valence-corrected chi connectivity index (χ4v) is 2.32. The highest BCUT2D eigenvalue weighted by molar-refractivity contribution is 5.55. The molecule has 1 aliphatic carbocycles. The Bertz CT molecular complexity index is 353. The van der Waals surface area contributed by atoms with Crippen LogP contribution < -0.4 is 5.73 Å². The second kappa shape index (κ2) is 3.75. The summed E-state index contributed by atoms with van der Waals surface area (Å²) in [7, 11) is 0. The van der Waals surface area contributed by atoms with Crippen LogP contribution in [0.15, 0.2) is 6.20 Å². The predicted molar refractivity (Wildman–Crippen MR) is 55.7 cm³/mol. The number of nitrogen functional groups attached to an aromatic ring is 1. The minimum Gasteiger partial charge on any atom is -0.384 e. The largest absolute Gasteiger partial charge is 0.384 e. The van der Waals surface area contributed by atoms with Gasteiger partial charge in [-0.05, 0) is 24.3 Å². The minimum absolute atomic E-state index is 0.521. The van der Waals surface area contributed by atoms with Crippen LogP contribution in [0, 0.1) is 11.3 Å². The normalized spacial score (nSPS) is 17.9. The van der Waals surface area contributed by atoms with Crippen LogP contribution >= 0.6 is 0 Å². The molecule has 1 saturated carbocycles. The van der Waals surface area contributed by atoms with E-state index in [0.717, 1.165) is 5.56 Å². The second-order valence-corrected chi connectivity index (χ2v) is 3.98. The van der Waals surface area contributed by atoms with Crippen LogP contribution in [0.25, 0.3) is 0 Å². The van der Waals surface area contributed by atoms with Crippen LogP contribution in [-0.4, -0.2) is 4.98 Å². The van der Waals surface area contributed by atoms with Crippen molar-refractivity contribution in [2.24, 2.45) is 0 Å². The maximum Gasteiger partial charge on any atom is 0.119 e. The van der Waals surface area contributed by atoms with Gasteiger partial charge in [-0.15, -0.1) is 0 Å². The first-order valence-corrected chi connectivity index (χ1v) is 5.19. The van der Waals surface area contributed by atoms with Crippen molar-refractivity contribution in [2.75, 3.05) is 5.73 Å². The van der Waals surface area contributed by atoms with E-state index in [4.69, 9.17) is 11.0 Å². The maximum atomic E-state index is 8.97. The van der Waals surface area contributed by atoms with E-state index in [2.05, 4.69) is 11.1 Å². The molecule has 0 unspecified atom stereocenters. The summed E-state index contributed by atoms with van der Waals surface area (Å²) in [5, 5.41) is 8.97. The monoisotopic (exact) mass is 189 g/mol. The van der Waals surface area contributed by atoms with Crippen molar-refractivity contribution in [2.45, 2.75) is 38.0 Å². The van der Waals surface area contributed by atoms with Gasteiger partial charge in [0, 0.05) is 6.20 Å². The topological polar surface area (TPSA) is 65.6 Å². The Hall–Kier alpha value is -1.43. The second-order valence-electron chi connectivity index (χ2n) is 3.98. The number of hydrogen-bond donors (Lipinski definition) is 2. The molecular formula is C11H15N3. The zero-order valence-electron chi connectivity index (χ0n) is 8.21. The van der Waals surface area contributed by atoms with Crippen LogP contribution in [0.4, 0.5) is 5.82 Å². The first-order valence-electron chi connectivity index (χ1n) is 5.19. The van der Waals surface area contributed by atoms with Crippen LogP contribution in [-0.2, 0) is 0 Å². The number of nitrogens with two attached hydrogens (primary N) is 1. The molecule has 1 fully saturated rings. The van der Waals surface area contributed by atoms with Gasteiger partial charge in [0.2, 0.25) is 0 Å². The van der Waals surface area contributed by atoms with Crippen LogP contribution in [0.2, 0.25) is 0 Å². The van der Waals surface area contributed by atoms with Gasteiger partial charge in [-0.1, -0.05) is 19.3 Å². The van der Waals surface area contributed by atoms with Crippen molar-refractivity contribution in [3.63, 3.8) is 0 Å². The molecule has 0 aliphatic heterocycles. The lowest BCUT2D eigenvalue weighted by Crippen LogP contribution is -2.05. The van der Waals surface area contributed by atoms with E-state index in [1.54, 1.807) is 0 Å². The molecule has 0 aromatic carbocycles. The smallest absolute Gasteiger partial charge is 0.119 e. The molecular weight excluding hydrogens is 174 g/mol. The molecule has 2 rings (SSSR count). The van der Waals surface area contributed by atoms with Crippen LogP contribution in [0.1, 0.15) is 49.1 Å². The van der Waals surface area contributed by atoms with Gasteiger partial charge >= 0.3 is 0 Å². The van der Waals surface area contributed by atoms with E-state index in [9.17, 15) is 0 Å². The number of hydrogen-bond acceptors (Lipinski definition) is 2. The first-order chi connectivity index (χ1) is 6.83. The summed E-state index contributed by atoms with van der Waals surface area (Å²) in [6.45, 7) is 0. The summed E-state index contributed by atoms with van der Waals surface area (Å²) in [5.41, 5.74) is 7.47. The molecule has 1 heterocycles. The van der Waals surface area contributed by atoms with E-state index >= 15 is 0 Å². The Balaban J connectivity index is 2.26. The predicted octanol–water partition coefficient (Wildman–Crippen LogP) is 2.52. The molecule has 0 radical (unpaired) electrons. The molecule has 14 heavy (non-hydrogen) atoms. The lowest BCUT2D eigenvalue weighted by molar-refractivity contribution is 0.443. The molecule has 1 aromatic heterocycles. The number of rotatable bonds is 1. The van der Waals surface area contributed by atoms with E-state index < -0.39 is 0 Å².